The summed E-state index contributed by atoms with van der Waals surface area (Å²) >= 11 is 5.85. The molecule has 0 saturated carbocycles. The number of halogens is 1. The van der Waals surface area contributed by atoms with E-state index in [0.29, 0.717) is 10.6 Å². The van der Waals surface area contributed by atoms with Crippen LogP contribution in [0.2, 0.25) is 5.02 Å². The van der Waals surface area contributed by atoms with Gasteiger partial charge >= 0.3 is 6.09 Å². The largest absolute Gasteiger partial charge is 0.453 e. The highest BCUT2D eigenvalue weighted by atomic mass is 35.5. The van der Waals surface area contributed by atoms with Crippen LogP contribution in [-0.4, -0.2) is 19.5 Å². The molecule has 1 amide bonds. The van der Waals surface area contributed by atoms with E-state index in [1.807, 2.05) is 0 Å². The fraction of sp³-hybridized carbons (Fsp3) is 0.200. The number of ether oxygens (including phenoxy) is 1. The maximum absolute atomic E-state index is 10.9. The molecule has 0 bridgehead atoms. The van der Waals surface area contributed by atoms with Crippen molar-refractivity contribution in [1.29, 1.82) is 0 Å². The van der Waals surface area contributed by atoms with Crippen molar-refractivity contribution < 1.29 is 14.3 Å². The highest BCUT2D eigenvalue weighted by Gasteiger charge is 2.16. The van der Waals surface area contributed by atoms with Crippen molar-refractivity contribution in [2.24, 2.45) is 0 Å². The molecule has 1 aromatic rings. The molecular formula is C10H9ClNO3. The van der Waals surface area contributed by atoms with Gasteiger partial charge in [0.15, 0.2) is 0 Å². The first-order valence-electron chi connectivity index (χ1n) is 4.15. The summed E-state index contributed by atoms with van der Waals surface area (Å²) in [5.41, 5.74) is 0.486. The zero-order valence-electron chi connectivity index (χ0n) is 7.99. The molecular weight excluding hydrogens is 218 g/mol. The molecule has 0 saturated heterocycles. The van der Waals surface area contributed by atoms with E-state index in [2.05, 4.69) is 10.1 Å². The van der Waals surface area contributed by atoms with Crippen molar-refractivity contribution in [3.63, 3.8) is 0 Å². The fourth-order valence-corrected chi connectivity index (χ4v) is 1.30. The highest BCUT2D eigenvalue weighted by molar-refractivity contribution is 6.31. The standard InChI is InChI=1S/C10H9ClNO3/c1-15-10(14)12-9(6-13)7-4-2-3-5-8(7)11/h2-5,9H,1H3,(H,12,14). The van der Waals surface area contributed by atoms with Crippen LogP contribution in [0.4, 0.5) is 4.79 Å². The highest BCUT2D eigenvalue weighted by Crippen LogP contribution is 2.21. The minimum Gasteiger partial charge on any atom is -0.453 e. The topological polar surface area (TPSA) is 55.4 Å². The molecule has 79 valence electrons. The minimum atomic E-state index is -0.911. The Morgan fingerprint density at radius 1 is 1.53 bits per heavy atom. The molecule has 0 spiro atoms. The van der Waals surface area contributed by atoms with Crippen LogP contribution in [0.3, 0.4) is 0 Å². The summed E-state index contributed by atoms with van der Waals surface area (Å²) in [6.07, 6.45) is 0.973. The Bertz CT molecular complexity index is 367. The fourth-order valence-electron chi connectivity index (χ4n) is 1.06. The summed E-state index contributed by atoms with van der Waals surface area (Å²) in [6.45, 7) is 0. The second kappa shape index (κ2) is 5.36. The smallest absolute Gasteiger partial charge is 0.407 e. The van der Waals surface area contributed by atoms with Gasteiger partial charge in [0.05, 0.1) is 7.11 Å². The second-order valence-electron chi connectivity index (χ2n) is 2.71. The number of carbonyl (C=O) groups is 1. The van der Waals surface area contributed by atoms with E-state index in [1.165, 1.54) is 7.11 Å². The average molecular weight is 227 g/mol. The van der Waals surface area contributed by atoms with E-state index in [0.717, 1.165) is 0 Å². The van der Waals surface area contributed by atoms with Crippen LogP contribution in [0, 0.1) is 0 Å². The van der Waals surface area contributed by atoms with E-state index in [4.69, 9.17) is 11.6 Å². The van der Waals surface area contributed by atoms with Crippen molar-refractivity contribution >= 4 is 24.0 Å². The van der Waals surface area contributed by atoms with Gasteiger partial charge in [0, 0.05) is 10.6 Å². The van der Waals surface area contributed by atoms with Crippen molar-refractivity contribution in [3.05, 3.63) is 34.9 Å². The van der Waals surface area contributed by atoms with Crippen LogP contribution < -0.4 is 5.32 Å². The number of alkyl carbamates (subject to hydrolysis) is 1. The second-order valence-corrected chi connectivity index (χ2v) is 3.12. The van der Waals surface area contributed by atoms with E-state index in [-0.39, 0.29) is 0 Å². The molecule has 1 N–H and O–H groups in total. The quantitative estimate of drug-likeness (QED) is 0.856. The predicted octanol–water partition coefficient (Wildman–Crippen LogP) is 1.85. The third kappa shape index (κ3) is 2.95. The van der Waals surface area contributed by atoms with Gasteiger partial charge in [-0.3, -0.25) is 4.79 Å². The third-order valence-corrected chi connectivity index (χ3v) is 2.13. The summed E-state index contributed by atoms with van der Waals surface area (Å²) < 4.78 is 4.37. The lowest BCUT2D eigenvalue weighted by Crippen LogP contribution is -2.29. The van der Waals surface area contributed by atoms with Gasteiger partial charge in [0.25, 0.3) is 0 Å². The van der Waals surface area contributed by atoms with Crippen molar-refractivity contribution in [1.82, 2.24) is 5.32 Å². The predicted molar refractivity (Wildman–Crippen MR) is 55.4 cm³/mol. The van der Waals surface area contributed by atoms with Crippen LogP contribution in [0.5, 0.6) is 0 Å². The lowest BCUT2D eigenvalue weighted by Gasteiger charge is -2.12. The van der Waals surface area contributed by atoms with Crippen LogP contribution >= 0.6 is 11.6 Å². The minimum absolute atomic E-state index is 0.391. The summed E-state index contributed by atoms with van der Waals surface area (Å²) in [5.74, 6) is 0. The number of rotatable bonds is 3. The summed E-state index contributed by atoms with van der Waals surface area (Å²) in [4.78, 5) is 21.6. The Labute approximate surface area is 92.2 Å². The lowest BCUT2D eigenvalue weighted by atomic mass is 10.1. The molecule has 1 unspecified atom stereocenters. The van der Waals surface area contributed by atoms with E-state index in [9.17, 15) is 9.59 Å². The molecule has 0 heterocycles. The normalized spacial score (nSPS) is 11.6. The van der Waals surface area contributed by atoms with Crippen molar-refractivity contribution in [2.75, 3.05) is 7.11 Å². The molecule has 1 radical (unpaired) electrons. The monoisotopic (exact) mass is 226 g/mol. The van der Waals surface area contributed by atoms with Crippen LogP contribution in [0.15, 0.2) is 24.3 Å². The maximum atomic E-state index is 10.9. The van der Waals surface area contributed by atoms with Crippen LogP contribution in [0.25, 0.3) is 0 Å². The summed E-state index contributed by atoms with van der Waals surface area (Å²) in [5, 5.41) is 2.70. The molecule has 15 heavy (non-hydrogen) atoms. The molecule has 0 fully saturated rings. The average Bonchev–Trinajstić information content (AvgIpc) is 2.26. The number of carbonyl (C=O) groups excluding carboxylic acids is 2. The third-order valence-electron chi connectivity index (χ3n) is 1.78. The molecule has 1 rings (SSSR count). The van der Waals surface area contributed by atoms with Crippen molar-refractivity contribution in [3.8, 4) is 0 Å². The van der Waals surface area contributed by atoms with E-state index in [1.54, 1.807) is 30.6 Å². The van der Waals surface area contributed by atoms with Crippen LogP contribution in [-0.2, 0) is 9.53 Å². The van der Waals surface area contributed by atoms with E-state index >= 15 is 0 Å². The number of hydrogen-bond donors (Lipinski definition) is 1. The first kappa shape index (κ1) is 11.5. The molecule has 4 nitrogen and oxygen atoms in total. The number of benzene rings is 1. The lowest BCUT2D eigenvalue weighted by molar-refractivity contribution is 0.169. The Morgan fingerprint density at radius 2 is 2.20 bits per heavy atom. The molecule has 0 aliphatic heterocycles. The first-order valence-corrected chi connectivity index (χ1v) is 4.53. The van der Waals surface area contributed by atoms with Gasteiger partial charge in [-0.2, -0.15) is 0 Å². The van der Waals surface area contributed by atoms with Gasteiger partial charge in [-0.25, -0.2) is 4.79 Å². The van der Waals surface area contributed by atoms with Gasteiger partial charge < -0.3 is 10.1 Å². The molecule has 0 aliphatic rings. The summed E-state index contributed by atoms with van der Waals surface area (Å²) in [7, 11) is 1.21. The first-order chi connectivity index (χ1) is 7.19. The van der Waals surface area contributed by atoms with Crippen molar-refractivity contribution in [2.45, 2.75) is 6.04 Å². The van der Waals surface area contributed by atoms with Gasteiger partial charge in [0.2, 0.25) is 6.29 Å². The molecule has 1 atom stereocenters. The number of amides is 1. The van der Waals surface area contributed by atoms with E-state index < -0.39 is 12.1 Å². The zero-order valence-corrected chi connectivity index (χ0v) is 8.75. The van der Waals surface area contributed by atoms with Gasteiger partial charge in [-0.1, -0.05) is 29.8 Å². The zero-order chi connectivity index (χ0) is 11.3. The summed E-state index contributed by atoms with van der Waals surface area (Å²) in [6, 6.07) is 5.79. The Balaban J connectivity index is 2.88. The molecule has 1 aromatic carbocycles. The molecule has 0 aliphatic carbocycles. The Morgan fingerprint density at radius 3 is 2.73 bits per heavy atom. The Hall–Kier alpha value is -1.55. The van der Waals surface area contributed by atoms with Gasteiger partial charge in [0.1, 0.15) is 6.04 Å². The number of methoxy groups -OCH3 is 1. The molecule has 0 aromatic heterocycles. The Kier molecular flexibility index (Phi) is 4.12. The van der Waals surface area contributed by atoms with Gasteiger partial charge in [-0.05, 0) is 6.07 Å². The van der Waals surface area contributed by atoms with Crippen LogP contribution in [0.1, 0.15) is 11.6 Å². The molecule has 5 heteroatoms. The number of hydrogen-bond acceptors (Lipinski definition) is 3. The van der Waals surface area contributed by atoms with Gasteiger partial charge in [-0.15, -0.1) is 0 Å². The maximum Gasteiger partial charge on any atom is 0.407 e. The SMILES string of the molecule is COC(=O)NC([C]=O)c1ccccc1Cl. The number of nitrogens with one attached hydrogen (secondary N) is 1.